The van der Waals surface area contributed by atoms with Gasteiger partial charge in [-0.1, -0.05) is 6.42 Å². The fraction of sp³-hybridized carbons (Fsp3) is 0.800. The van der Waals surface area contributed by atoms with Crippen molar-refractivity contribution < 1.29 is 23.9 Å². The Labute approximate surface area is 120 Å². The molecule has 0 heterocycles. The van der Waals surface area contributed by atoms with Crippen molar-refractivity contribution in [3.8, 4) is 0 Å². The molecular weight excluding hydrogens is 260 g/mol. The van der Waals surface area contributed by atoms with Crippen LogP contribution in [0.15, 0.2) is 0 Å². The summed E-state index contributed by atoms with van der Waals surface area (Å²) < 4.78 is 10.2. The van der Waals surface area contributed by atoms with Crippen LogP contribution in [-0.2, 0) is 23.9 Å². The molecule has 0 aromatic heterocycles. The van der Waals surface area contributed by atoms with Crippen LogP contribution in [0.5, 0.6) is 0 Å². The van der Waals surface area contributed by atoms with Crippen LogP contribution in [0.2, 0.25) is 0 Å². The smallest absolute Gasteiger partial charge is 0.306 e. The van der Waals surface area contributed by atoms with Crippen molar-refractivity contribution >= 4 is 17.7 Å². The Hall–Kier alpha value is -1.39. The highest BCUT2D eigenvalue weighted by Crippen LogP contribution is 2.20. The Bertz CT molecular complexity index is 331. The Kier molecular flexibility index (Phi) is 7.92. The minimum absolute atomic E-state index is 0.0304. The molecule has 1 aliphatic carbocycles. The molecule has 0 radical (unpaired) electrons. The van der Waals surface area contributed by atoms with Gasteiger partial charge < -0.3 is 14.3 Å². The van der Waals surface area contributed by atoms with Crippen molar-refractivity contribution in [1.29, 1.82) is 0 Å². The lowest BCUT2D eigenvalue weighted by Crippen LogP contribution is -2.21. The molecule has 1 saturated carbocycles. The molecule has 0 aliphatic heterocycles. The number of ketones is 1. The fourth-order valence-corrected chi connectivity index (χ4v) is 2.21. The number of rotatable bonds is 8. The summed E-state index contributed by atoms with van der Waals surface area (Å²) in [6.45, 7) is 1.74. The van der Waals surface area contributed by atoms with E-state index in [1.54, 1.807) is 0 Å². The standard InChI is InChI=1S/C15H24O5/c1-12(16)6-5-11-19-14(17)9-10-15(18)20-13-7-3-2-4-8-13/h13H,2-11H2,1H3. The van der Waals surface area contributed by atoms with Gasteiger partial charge in [-0.05, 0) is 39.0 Å². The second-order valence-corrected chi connectivity index (χ2v) is 5.28. The molecule has 0 aromatic carbocycles. The summed E-state index contributed by atoms with van der Waals surface area (Å²) in [7, 11) is 0. The minimum atomic E-state index is -0.408. The van der Waals surface area contributed by atoms with Crippen LogP contribution in [0.25, 0.3) is 0 Å². The summed E-state index contributed by atoms with van der Waals surface area (Å²) >= 11 is 0. The molecule has 1 fully saturated rings. The van der Waals surface area contributed by atoms with Crippen molar-refractivity contribution in [2.75, 3.05) is 6.61 Å². The largest absolute Gasteiger partial charge is 0.466 e. The van der Waals surface area contributed by atoms with E-state index in [4.69, 9.17) is 9.47 Å². The predicted octanol–water partition coefficient (Wildman–Crippen LogP) is 2.55. The molecule has 1 aliphatic rings. The minimum Gasteiger partial charge on any atom is -0.466 e. The highest BCUT2D eigenvalue weighted by Gasteiger charge is 2.18. The second-order valence-electron chi connectivity index (χ2n) is 5.28. The van der Waals surface area contributed by atoms with Gasteiger partial charge in [-0.2, -0.15) is 0 Å². The molecule has 0 bridgehead atoms. The molecule has 0 spiro atoms. The van der Waals surface area contributed by atoms with Crippen molar-refractivity contribution in [3.63, 3.8) is 0 Å². The van der Waals surface area contributed by atoms with Crippen molar-refractivity contribution in [1.82, 2.24) is 0 Å². The monoisotopic (exact) mass is 284 g/mol. The van der Waals surface area contributed by atoms with E-state index < -0.39 is 5.97 Å². The molecule has 0 saturated heterocycles. The molecular formula is C15H24O5. The average molecular weight is 284 g/mol. The first-order valence-corrected chi connectivity index (χ1v) is 7.42. The zero-order valence-corrected chi connectivity index (χ0v) is 12.2. The molecule has 0 atom stereocenters. The van der Waals surface area contributed by atoms with Gasteiger partial charge in [-0.25, -0.2) is 0 Å². The van der Waals surface area contributed by atoms with Gasteiger partial charge in [0.2, 0.25) is 0 Å². The molecule has 0 amide bonds. The normalized spacial score (nSPS) is 15.7. The molecule has 5 heteroatoms. The molecule has 20 heavy (non-hydrogen) atoms. The summed E-state index contributed by atoms with van der Waals surface area (Å²) in [6.07, 6.45) is 6.39. The zero-order valence-electron chi connectivity index (χ0n) is 12.2. The highest BCUT2D eigenvalue weighted by molar-refractivity contribution is 5.78. The van der Waals surface area contributed by atoms with Crippen LogP contribution in [-0.4, -0.2) is 30.4 Å². The van der Waals surface area contributed by atoms with Gasteiger partial charge in [0, 0.05) is 6.42 Å². The highest BCUT2D eigenvalue weighted by atomic mass is 16.5. The number of hydrogen-bond donors (Lipinski definition) is 0. The SMILES string of the molecule is CC(=O)CCCOC(=O)CCC(=O)OC1CCCCC1. The first-order chi connectivity index (χ1) is 9.58. The van der Waals surface area contributed by atoms with Gasteiger partial charge >= 0.3 is 11.9 Å². The maximum atomic E-state index is 11.6. The van der Waals surface area contributed by atoms with E-state index in [9.17, 15) is 14.4 Å². The second kappa shape index (κ2) is 9.50. The molecule has 1 rings (SSSR count). The summed E-state index contributed by atoms with van der Waals surface area (Å²) in [5.41, 5.74) is 0. The fourth-order valence-electron chi connectivity index (χ4n) is 2.21. The van der Waals surface area contributed by atoms with Crippen LogP contribution in [0, 0.1) is 0 Å². The van der Waals surface area contributed by atoms with E-state index in [0.717, 1.165) is 25.7 Å². The Morgan fingerprint density at radius 3 is 2.25 bits per heavy atom. The molecule has 0 unspecified atom stereocenters. The summed E-state index contributed by atoms with van der Waals surface area (Å²) in [5, 5.41) is 0. The number of Topliss-reactive ketones (excluding diaryl/α,β-unsaturated/α-hetero) is 1. The summed E-state index contributed by atoms with van der Waals surface area (Å²) in [5.74, 6) is -0.649. The van der Waals surface area contributed by atoms with Gasteiger partial charge in [0.05, 0.1) is 19.4 Å². The average Bonchev–Trinajstić information content (AvgIpc) is 2.42. The molecule has 0 aromatic rings. The summed E-state index contributed by atoms with van der Waals surface area (Å²) in [6, 6.07) is 0. The third kappa shape index (κ3) is 7.92. The predicted molar refractivity (Wildman–Crippen MR) is 73.1 cm³/mol. The molecule has 114 valence electrons. The number of carbonyl (C=O) groups excluding carboxylic acids is 3. The van der Waals surface area contributed by atoms with Gasteiger partial charge in [0.15, 0.2) is 0 Å². The maximum Gasteiger partial charge on any atom is 0.306 e. The zero-order chi connectivity index (χ0) is 14.8. The lowest BCUT2D eigenvalue weighted by molar-refractivity contribution is -0.154. The van der Waals surface area contributed by atoms with Crippen LogP contribution < -0.4 is 0 Å². The number of carbonyl (C=O) groups is 3. The Morgan fingerprint density at radius 2 is 1.60 bits per heavy atom. The lowest BCUT2D eigenvalue weighted by atomic mass is 9.98. The van der Waals surface area contributed by atoms with E-state index in [1.807, 2.05) is 0 Å². The van der Waals surface area contributed by atoms with E-state index >= 15 is 0 Å². The van der Waals surface area contributed by atoms with Crippen LogP contribution in [0.4, 0.5) is 0 Å². The third-order valence-corrected chi connectivity index (χ3v) is 3.32. The van der Waals surface area contributed by atoms with E-state index in [2.05, 4.69) is 0 Å². The Balaban J connectivity index is 2.04. The van der Waals surface area contributed by atoms with Crippen molar-refractivity contribution in [3.05, 3.63) is 0 Å². The van der Waals surface area contributed by atoms with Gasteiger partial charge in [-0.15, -0.1) is 0 Å². The first kappa shape index (κ1) is 16.7. The molecule has 5 nitrogen and oxygen atoms in total. The van der Waals surface area contributed by atoms with Gasteiger partial charge in [-0.3, -0.25) is 9.59 Å². The van der Waals surface area contributed by atoms with Crippen molar-refractivity contribution in [2.45, 2.75) is 70.8 Å². The topological polar surface area (TPSA) is 69.7 Å². The van der Waals surface area contributed by atoms with Crippen LogP contribution in [0.3, 0.4) is 0 Å². The van der Waals surface area contributed by atoms with Crippen LogP contribution >= 0.6 is 0 Å². The summed E-state index contributed by atoms with van der Waals surface area (Å²) in [4.78, 5) is 33.6. The quantitative estimate of drug-likeness (QED) is 0.506. The van der Waals surface area contributed by atoms with Crippen LogP contribution in [0.1, 0.15) is 64.7 Å². The number of ether oxygens (including phenoxy) is 2. The number of hydrogen-bond acceptors (Lipinski definition) is 5. The lowest BCUT2D eigenvalue weighted by Gasteiger charge is -2.21. The van der Waals surface area contributed by atoms with E-state index in [0.29, 0.717) is 12.8 Å². The van der Waals surface area contributed by atoms with E-state index in [-0.39, 0.29) is 37.3 Å². The first-order valence-electron chi connectivity index (χ1n) is 7.42. The Morgan fingerprint density at radius 1 is 0.950 bits per heavy atom. The maximum absolute atomic E-state index is 11.6. The van der Waals surface area contributed by atoms with Gasteiger partial charge in [0.1, 0.15) is 11.9 Å². The van der Waals surface area contributed by atoms with Gasteiger partial charge in [0.25, 0.3) is 0 Å². The molecule has 0 N–H and O–H groups in total. The van der Waals surface area contributed by atoms with E-state index in [1.165, 1.54) is 13.3 Å². The third-order valence-electron chi connectivity index (χ3n) is 3.32. The van der Waals surface area contributed by atoms with Crippen molar-refractivity contribution in [2.24, 2.45) is 0 Å². The number of esters is 2.